The molecule has 0 fully saturated rings. The van der Waals surface area contributed by atoms with Crippen molar-refractivity contribution in [1.29, 1.82) is 0 Å². The number of hydrogen-bond donors (Lipinski definition) is 0. The molecule has 0 spiro atoms. The molecule has 1 amide bonds. The molecular formula is C15H15N3O5. The molecule has 1 aliphatic heterocycles. The number of ether oxygens (including phenoxy) is 1. The highest BCUT2D eigenvalue weighted by molar-refractivity contribution is 6.00. The van der Waals surface area contributed by atoms with Crippen LogP contribution in [0.4, 0.5) is 11.4 Å². The third kappa shape index (κ3) is 2.52. The van der Waals surface area contributed by atoms with E-state index in [2.05, 4.69) is 5.16 Å². The normalized spacial score (nSPS) is 16.9. The van der Waals surface area contributed by atoms with Crippen molar-refractivity contribution in [2.75, 3.05) is 4.90 Å². The van der Waals surface area contributed by atoms with Gasteiger partial charge in [-0.05, 0) is 26.8 Å². The molecule has 3 rings (SSSR count). The van der Waals surface area contributed by atoms with E-state index in [4.69, 9.17) is 9.26 Å². The zero-order chi connectivity index (χ0) is 16.7. The summed E-state index contributed by atoms with van der Waals surface area (Å²) in [6, 6.07) is 4.21. The molecule has 23 heavy (non-hydrogen) atoms. The van der Waals surface area contributed by atoms with Crippen molar-refractivity contribution in [2.24, 2.45) is 0 Å². The highest BCUT2D eigenvalue weighted by atomic mass is 16.6. The van der Waals surface area contributed by atoms with Gasteiger partial charge >= 0.3 is 0 Å². The Balaban J connectivity index is 2.07. The molecule has 2 aromatic rings. The van der Waals surface area contributed by atoms with E-state index in [1.807, 2.05) is 0 Å². The molecule has 0 N–H and O–H groups in total. The van der Waals surface area contributed by atoms with Gasteiger partial charge in [-0.15, -0.1) is 0 Å². The molecule has 0 radical (unpaired) electrons. The number of rotatable bonds is 3. The number of hydrogen-bond acceptors (Lipinski definition) is 6. The lowest BCUT2D eigenvalue weighted by Crippen LogP contribution is -2.44. The molecule has 0 bridgehead atoms. The number of carbonyl (C=O) groups is 1. The molecule has 1 aromatic carbocycles. The van der Waals surface area contributed by atoms with Crippen LogP contribution in [0.2, 0.25) is 0 Å². The summed E-state index contributed by atoms with van der Waals surface area (Å²) in [5, 5.41) is 14.9. The highest BCUT2D eigenvalue weighted by Crippen LogP contribution is 2.38. The number of carbonyl (C=O) groups excluding carboxylic acids is 1. The number of nitro groups is 1. The summed E-state index contributed by atoms with van der Waals surface area (Å²) in [5.41, 5.74) is 1.74. The maximum Gasteiger partial charge on any atom is 0.271 e. The Bertz CT molecular complexity index is 779. The van der Waals surface area contributed by atoms with Gasteiger partial charge < -0.3 is 14.2 Å². The SMILES string of the molecule is Cc1noc(C)c1CN1C(=O)C(C)Oc2ccc([N+](=O)[O-])cc21. The van der Waals surface area contributed by atoms with Gasteiger partial charge in [0.2, 0.25) is 0 Å². The van der Waals surface area contributed by atoms with Crippen LogP contribution in [0, 0.1) is 24.0 Å². The van der Waals surface area contributed by atoms with Gasteiger partial charge in [-0.25, -0.2) is 0 Å². The van der Waals surface area contributed by atoms with Crippen molar-refractivity contribution >= 4 is 17.3 Å². The lowest BCUT2D eigenvalue weighted by atomic mass is 10.1. The van der Waals surface area contributed by atoms with Gasteiger partial charge in [0.1, 0.15) is 11.5 Å². The van der Waals surface area contributed by atoms with Gasteiger partial charge in [0.15, 0.2) is 6.10 Å². The number of nitrogens with zero attached hydrogens (tertiary/aromatic N) is 3. The summed E-state index contributed by atoms with van der Waals surface area (Å²) in [6.45, 7) is 5.42. The topological polar surface area (TPSA) is 98.7 Å². The summed E-state index contributed by atoms with van der Waals surface area (Å²) >= 11 is 0. The number of non-ortho nitro benzene ring substituents is 1. The van der Waals surface area contributed by atoms with E-state index in [9.17, 15) is 14.9 Å². The Labute approximate surface area is 131 Å². The quantitative estimate of drug-likeness (QED) is 0.637. The van der Waals surface area contributed by atoms with E-state index >= 15 is 0 Å². The molecule has 8 nitrogen and oxygen atoms in total. The molecule has 0 aliphatic carbocycles. The number of nitro benzene ring substituents is 1. The highest BCUT2D eigenvalue weighted by Gasteiger charge is 2.33. The van der Waals surface area contributed by atoms with E-state index in [1.165, 1.54) is 23.1 Å². The fourth-order valence-electron chi connectivity index (χ4n) is 2.56. The predicted molar refractivity (Wildman–Crippen MR) is 80.4 cm³/mol. The molecule has 0 saturated carbocycles. The second-order valence-electron chi connectivity index (χ2n) is 5.40. The molecular weight excluding hydrogens is 302 g/mol. The minimum Gasteiger partial charge on any atom is -0.479 e. The smallest absolute Gasteiger partial charge is 0.271 e. The van der Waals surface area contributed by atoms with Crippen LogP contribution >= 0.6 is 0 Å². The predicted octanol–water partition coefficient (Wildman–Crippen LogP) is 2.51. The monoisotopic (exact) mass is 317 g/mol. The van der Waals surface area contributed by atoms with Crippen LogP contribution in [0.25, 0.3) is 0 Å². The van der Waals surface area contributed by atoms with Gasteiger partial charge in [0.25, 0.3) is 11.6 Å². The van der Waals surface area contributed by atoms with Crippen molar-refractivity contribution in [2.45, 2.75) is 33.4 Å². The largest absolute Gasteiger partial charge is 0.479 e. The maximum atomic E-state index is 12.5. The van der Waals surface area contributed by atoms with Crippen LogP contribution in [0.3, 0.4) is 0 Å². The Morgan fingerprint density at radius 2 is 2.13 bits per heavy atom. The molecule has 1 aromatic heterocycles. The second kappa shape index (κ2) is 5.38. The molecule has 120 valence electrons. The third-order valence-corrected chi connectivity index (χ3v) is 3.86. The van der Waals surface area contributed by atoms with E-state index in [1.54, 1.807) is 20.8 Å². The number of aromatic nitrogens is 1. The van der Waals surface area contributed by atoms with Crippen molar-refractivity contribution in [3.8, 4) is 5.75 Å². The van der Waals surface area contributed by atoms with E-state index < -0.39 is 11.0 Å². The summed E-state index contributed by atoms with van der Waals surface area (Å²) in [4.78, 5) is 24.5. The van der Waals surface area contributed by atoms with Crippen LogP contribution in [-0.2, 0) is 11.3 Å². The first-order chi connectivity index (χ1) is 10.9. The zero-order valence-corrected chi connectivity index (χ0v) is 12.9. The lowest BCUT2D eigenvalue weighted by molar-refractivity contribution is -0.384. The van der Waals surface area contributed by atoms with Gasteiger partial charge in [-0.3, -0.25) is 14.9 Å². The Morgan fingerprint density at radius 3 is 2.74 bits per heavy atom. The van der Waals surface area contributed by atoms with Crippen LogP contribution in [0.1, 0.15) is 23.9 Å². The summed E-state index contributed by atoms with van der Waals surface area (Å²) in [7, 11) is 0. The van der Waals surface area contributed by atoms with E-state index in [0.29, 0.717) is 22.9 Å². The van der Waals surface area contributed by atoms with Gasteiger partial charge in [-0.2, -0.15) is 0 Å². The van der Waals surface area contributed by atoms with Crippen LogP contribution < -0.4 is 9.64 Å². The van der Waals surface area contributed by atoms with Crippen molar-refractivity contribution in [1.82, 2.24) is 5.16 Å². The van der Waals surface area contributed by atoms with E-state index in [-0.39, 0.29) is 18.1 Å². The van der Waals surface area contributed by atoms with E-state index in [0.717, 1.165) is 5.56 Å². The minimum absolute atomic E-state index is 0.0986. The molecule has 1 aliphatic rings. The van der Waals surface area contributed by atoms with Gasteiger partial charge in [0, 0.05) is 17.7 Å². The Kier molecular flexibility index (Phi) is 3.51. The number of anilines is 1. The summed E-state index contributed by atoms with van der Waals surface area (Å²) < 4.78 is 10.7. The average molecular weight is 317 g/mol. The zero-order valence-electron chi connectivity index (χ0n) is 12.9. The number of aryl methyl sites for hydroxylation is 2. The van der Waals surface area contributed by atoms with Crippen LogP contribution in [-0.4, -0.2) is 22.1 Å². The summed E-state index contributed by atoms with van der Waals surface area (Å²) in [5.74, 6) is 0.786. The molecule has 1 unspecified atom stereocenters. The minimum atomic E-state index is -0.663. The summed E-state index contributed by atoms with van der Waals surface area (Å²) in [6.07, 6.45) is -0.663. The number of amides is 1. The second-order valence-corrected chi connectivity index (χ2v) is 5.40. The van der Waals surface area contributed by atoms with Crippen molar-refractivity contribution in [3.63, 3.8) is 0 Å². The van der Waals surface area contributed by atoms with Crippen molar-refractivity contribution in [3.05, 3.63) is 45.3 Å². The Hall–Kier alpha value is -2.90. The first kappa shape index (κ1) is 15.0. The van der Waals surface area contributed by atoms with Crippen LogP contribution in [0.5, 0.6) is 5.75 Å². The standard InChI is InChI=1S/C15H15N3O5/c1-8-12(9(2)23-16-8)7-17-13-6-11(18(20)21)4-5-14(13)22-10(3)15(17)19/h4-6,10H,7H2,1-3H3. The van der Waals surface area contributed by atoms with Crippen molar-refractivity contribution < 1.29 is 19.0 Å². The van der Waals surface area contributed by atoms with Crippen LogP contribution in [0.15, 0.2) is 22.7 Å². The third-order valence-electron chi connectivity index (χ3n) is 3.86. The molecule has 8 heteroatoms. The molecule has 0 saturated heterocycles. The fraction of sp³-hybridized carbons (Fsp3) is 0.333. The first-order valence-electron chi connectivity index (χ1n) is 7.06. The molecule has 1 atom stereocenters. The Morgan fingerprint density at radius 1 is 1.39 bits per heavy atom. The fourth-order valence-corrected chi connectivity index (χ4v) is 2.56. The number of fused-ring (bicyclic) bond motifs is 1. The van der Waals surface area contributed by atoms with Gasteiger partial charge in [0.05, 0.1) is 22.8 Å². The maximum absolute atomic E-state index is 12.5. The first-order valence-corrected chi connectivity index (χ1v) is 7.06. The van der Waals surface area contributed by atoms with Gasteiger partial charge in [-0.1, -0.05) is 5.16 Å². The average Bonchev–Trinajstić information content (AvgIpc) is 2.82. The molecule has 2 heterocycles. The lowest BCUT2D eigenvalue weighted by Gasteiger charge is -2.32. The number of benzene rings is 1.